The first-order chi connectivity index (χ1) is 13.7. The lowest BCUT2D eigenvalue weighted by atomic mass is 10.2. The highest BCUT2D eigenvalue weighted by molar-refractivity contribution is 14.0. The molecule has 1 aliphatic heterocycles. The molecule has 1 fully saturated rings. The fourth-order valence-corrected chi connectivity index (χ4v) is 2.88. The molecule has 1 aromatic carbocycles. The second kappa shape index (κ2) is 15.7. The van der Waals surface area contributed by atoms with Gasteiger partial charge in [-0.2, -0.15) is 0 Å². The molecule has 1 aromatic rings. The van der Waals surface area contributed by atoms with Crippen molar-refractivity contribution in [3.05, 3.63) is 34.9 Å². The second-order valence-corrected chi connectivity index (χ2v) is 6.95. The molecule has 1 saturated heterocycles. The third-order valence-corrected chi connectivity index (χ3v) is 4.45. The topological polar surface area (TPSA) is 84.0 Å². The number of aliphatic imine (C=N–C) groups is 1. The molecule has 0 aliphatic carbocycles. The molecule has 0 bridgehead atoms. The van der Waals surface area contributed by atoms with E-state index in [0.29, 0.717) is 43.4 Å². The van der Waals surface area contributed by atoms with Crippen molar-refractivity contribution in [3.63, 3.8) is 0 Å². The van der Waals surface area contributed by atoms with E-state index in [1.807, 2.05) is 6.92 Å². The maximum Gasteiger partial charge on any atom is 0.251 e. The Hall–Kier alpha value is -1.10. The average molecular weight is 539 g/mol. The maximum absolute atomic E-state index is 12.0. The van der Waals surface area contributed by atoms with Crippen LogP contribution < -0.4 is 16.0 Å². The summed E-state index contributed by atoms with van der Waals surface area (Å²) in [4.78, 5) is 16.6. The fraction of sp³-hybridized carbons (Fsp3) is 0.600. The van der Waals surface area contributed by atoms with Crippen LogP contribution >= 0.6 is 35.6 Å². The monoisotopic (exact) mass is 538 g/mol. The zero-order valence-electron chi connectivity index (χ0n) is 16.9. The summed E-state index contributed by atoms with van der Waals surface area (Å²) >= 11 is 5.83. The summed E-state index contributed by atoms with van der Waals surface area (Å²) < 4.78 is 11.2. The quantitative estimate of drug-likeness (QED) is 0.175. The Morgan fingerprint density at radius 2 is 2.00 bits per heavy atom. The summed E-state index contributed by atoms with van der Waals surface area (Å²) in [5.74, 6) is 0.617. The molecular weight excluding hydrogens is 507 g/mol. The minimum absolute atomic E-state index is 0. The first kappa shape index (κ1) is 25.9. The standard InChI is InChI=1S/C20H31ClN4O3.HI/c1-2-22-20(24-10-4-13-27-15-18-5-3-14-28-18)25-12-11-23-19(26)16-6-8-17(21)9-7-16;/h6-9,18H,2-5,10-15H2,1H3,(H,23,26)(H2,22,24,25);1H. The molecule has 7 nitrogen and oxygen atoms in total. The van der Waals surface area contributed by atoms with Crippen molar-refractivity contribution in [2.24, 2.45) is 4.99 Å². The van der Waals surface area contributed by atoms with Crippen LogP contribution in [0.25, 0.3) is 0 Å². The van der Waals surface area contributed by atoms with Crippen LogP contribution in [0.2, 0.25) is 5.02 Å². The highest BCUT2D eigenvalue weighted by Crippen LogP contribution is 2.12. The molecule has 1 amide bonds. The molecule has 0 aromatic heterocycles. The zero-order valence-corrected chi connectivity index (χ0v) is 20.0. The van der Waals surface area contributed by atoms with Gasteiger partial charge in [0.25, 0.3) is 5.91 Å². The largest absolute Gasteiger partial charge is 0.379 e. The van der Waals surface area contributed by atoms with Crippen molar-refractivity contribution >= 4 is 47.4 Å². The van der Waals surface area contributed by atoms with E-state index in [-0.39, 0.29) is 36.0 Å². The SMILES string of the molecule is CCNC(=NCCCOCC1CCCO1)NCCNC(=O)c1ccc(Cl)cc1.I. The third-order valence-electron chi connectivity index (χ3n) is 4.20. The molecule has 29 heavy (non-hydrogen) atoms. The third kappa shape index (κ3) is 11.0. The Morgan fingerprint density at radius 3 is 2.69 bits per heavy atom. The van der Waals surface area contributed by atoms with E-state index in [4.69, 9.17) is 21.1 Å². The predicted molar refractivity (Wildman–Crippen MR) is 128 cm³/mol. The smallest absolute Gasteiger partial charge is 0.251 e. The van der Waals surface area contributed by atoms with Crippen molar-refractivity contribution in [1.82, 2.24) is 16.0 Å². The highest BCUT2D eigenvalue weighted by atomic mass is 127. The Balaban J connectivity index is 0.00000420. The van der Waals surface area contributed by atoms with Gasteiger partial charge in [0.2, 0.25) is 0 Å². The van der Waals surface area contributed by atoms with E-state index < -0.39 is 0 Å². The minimum Gasteiger partial charge on any atom is -0.379 e. The molecule has 0 radical (unpaired) electrons. The van der Waals surface area contributed by atoms with E-state index in [1.54, 1.807) is 24.3 Å². The first-order valence-electron chi connectivity index (χ1n) is 9.94. The van der Waals surface area contributed by atoms with Crippen molar-refractivity contribution < 1.29 is 14.3 Å². The number of amides is 1. The van der Waals surface area contributed by atoms with Gasteiger partial charge in [0.15, 0.2) is 5.96 Å². The number of halogens is 2. The van der Waals surface area contributed by atoms with E-state index in [1.165, 1.54) is 0 Å². The molecule has 2 rings (SSSR count). The number of nitrogens with zero attached hydrogens (tertiary/aromatic N) is 1. The van der Waals surface area contributed by atoms with Gasteiger partial charge >= 0.3 is 0 Å². The Bertz CT molecular complexity index is 610. The van der Waals surface area contributed by atoms with Crippen molar-refractivity contribution in [2.75, 3.05) is 46.0 Å². The zero-order chi connectivity index (χ0) is 20.0. The Kier molecular flexibility index (Phi) is 14.0. The summed E-state index contributed by atoms with van der Waals surface area (Å²) in [6.45, 7) is 6.77. The predicted octanol–water partition coefficient (Wildman–Crippen LogP) is 2.83. The molecular formula is C20H32ClIN4O3. The van der Waals surface area contributed by atoms with E-state index in [2.05, 4.69) is 20.9 Å². The van der Waals surface area contributed by atoms with Crippen molar-refractivity contribution in [2.45, 2.75) is 32.3 Å². The van der Waals surface area contributed by atoms with Crippen LogP contribution in [0, 0.1) is 0 Å². The van der Waals surface area contributed by atoms with Crippen LogP contribution in [0.5, 0.6) is 0 Å². The number of nitrogens with one attached hydrogen (secondary N) is 3. The minimum atomic E-state index is -0.121. The Labute approximate surface area is 195 Å². The molecule has 9 heteroatoms. The van der Waals surface area contributed by atoms with Gasteiger partial charge < -0.3 is 25.4 Å². The van der Waals surface area contributed by atoms with Gasteiger partial charge in [-0.1, -0.05) is 11.6 Å². The summed E-state index contributed by atoms with van der Waals surface area (Å²) in [6.07, 6.45) is 3.36. The van der Waals surface area contributed by atoms with Gasteiger partial charge in [0, 0.05) is 50.0 Å². The molecule has 1 aliphatic rings. The van der Waals surface area contributed by atoms with Crippen LogP contribution in [0.15, 0.2) is 29.3 Å². The first-order valence-corrected chi connectivity index (χ1v) is 10.3. The van der Waals surface area contributed by atoms with Gasteiger partial charge in [-0.3, -0.25) is 9.79 Å². The number of ether oxygens (including phenoxy) is 2. The molecule has 1 heterocycles. The number of guanidine groups is 1. The number of rotatable bonds is 11. The number of hydrogen-bond donors (Lipinski definition) is 3. The lowest BCUT2D eigenvalue weighted by Gasteiger charge is -2.12. The molecule has 0 spiro atoms. The van der Waals surface area contributed by atoms with Gasteiger partial charge in [0.1, 0.15) is 0 Å². The van der Waals surface area contributed by atoms with Crippen molar-refractivity contribution in [1.29, 1.82) is 0 Å². The number of hydrogen-bond acceptors (Lipinski definition) is 4. The molecule has 0 saturated carbocycles. The normalized spacial score (nSPS) is 16.2. The van der Waals surface area contributed by atoms with E-state index in [9.17, 15) is 4.79 Å². The summed E-state index contributed by atoms with van der Waals surface area (Å²) in [5.41, 5.74) is 0.591. The van der Waals surface area contributed by atoms with Crippen LogP contribution in [-0.4, -0.2) is 64.0 Å². The molecule has 1 atom stereocenters. The fourth-order valence-electron chi connectivity index (χ4n) is 2.75. The van der Waals surface area contributed by atoms with E-state index >= 15 is 0 Å². The number of carbonyl (C=O) groups excluding carboxylic acids is 1. The number of benzene rings is 1. The van der Waals surface area contributed by atoms with Gasteiger partial charge in [0.05, 0.1) is 12.7 Å². The number of carbonyl (C=O) groups is 1. The average Bonchev–Trinajstić information content (AvgIpc) is 3.21. The van der Waals surface area contributed by atoms with Crippen LogP contribution in [0.4, 0.5) is 0 Å². The van der Waals surface area contributed by atoms with Crippen LogP contribution in [0.3, 0.4) is 0 Å². The second-order valence-electron chi connectivity index (χ2n) is 6.51. The van der Waals surface area contributed by atoms with Gasteiger partial charge in [-0.05, 0) is 50.5 Å². The van der Waals surface area contributed by atoms with E-state index in [0.717, 1.165) is 38.4 Å². The molecule has 1 unspecified atom stereocenters. The lowest BCUT2D eigenvalue weighted by molar-refractivity contribution is 0.0171. The van der Waals surface area contributed by atoms with Crippen LogP contribution in [-0.2, 0) is 9.47 Å². The maximum atomic E-state index is 12.0. The summed E-state index contributed by atoms with van der Waals surface area (Å²) in [7, 11) is 0. The van der Waals surface area contributed by atoms with Gasteiger partial charge in [-0.25, -0.2) is 0 Å². The molecule has 3 N–H and O–H groups in total. The lowest BCUT2D eigenvalue weighted by Crippen LogP contribution is -2.41. The van der Waals surface area contributed by atoms with Crippen molar-refractivity contribution in [3.8, 4) is 0 Å². The Morgan fingerprint density at radius 1 is 1.24 bits per heavy atom. The highest BCUT2D eigenvalue weighted by Gasteiger charge is 2.14. The molecule has 164 valence electrons. The van der Waals surface area contributed by atoms with Gasteiger partial charge in [-0.15, -0.1) is 24.0 Å². The van der Waals surface area contributed by atoms with Crippen LogP contribution in [0.1, 0.15) is 36.5 Å². The summed E-state index contributed by atoms with van der Waals surface area (Å²) in [5, 5.41) is 9.89. The summed E-state index contributed by atoms with van der Waals surface area (Å²) in [6, 6.07) is 6.82.